The number of carbonyl (C=O) groups is 2. The molecule has 0 spiro atoms. The lowest BCUT2D eigenvalue weighted by atomic mass is 9.84. The number of benzene rings is 2. The second kappa shape index (κ2) is 11.3. The van der Waals surface area contributed by atoms with Crippen LogP contribution >= 0.6 is 0 Å². The number of allylic oxidation sites excluding steroid dienone is 3. The maximum Gasteiger partial charge on any atom is 0.268 e. The van der Waals surface area contributed by atoms with Crippen molar-refractivity contribution in [3.8, 4) is 22.6 Å². The van der Waals surface area contributed by atoms with Gasteiger partial charge in [0.2, 0.25) is 0 Å². The van der Waals surface area contributed by atoms with E-state index in [1.807, 2.05) is 65.4 Å². The Kier molecular flexibility index (Phi) is 7.15. The number of nitrogens with one attached hydrogen (secondary N) is 1. The molecule has 220 valence electrons. The topological polar surface area (TPSA) is 76.0 Å². The van der Waals surface area contributed by atoms with Gasteiger partial charge in [0.1, 0.15) is 17.2 Å². The molecular weight excluding hydrogens is 540 g/mol. The van der Waals surface area contributed by atoms with Crippen LogP contribution in [-0.4, -0.2) is 66.1 Å². The number of amides is 2. The van der Waals surface area contributed by atoms with Crippen molar-refractivity contribution in [3.05, 3.63) is 101 Å². The molecule has 3 aromatic rings. The zero-order valence-electron chi connectivity index (χ0n) is 24.6. The molecule has 1 aromatic heterocycles. The SMILES string of the molecule is COc1ccccc1-c1ccc(C(=O)N2Cc3ccc(C(=O)N[C@H]4CN5CCC4CC5)n3C=C3C=CCC=C32)cc1OC. The molecule has 1 N–H and O–H groups in total. The molecule has 8 heteroatoms. The van der Waals surface area contributed by atoms with E-state index < -0.39 is 0 Å². The molecule has 2 amide bonds. The molecule has 0 radical (unpaired) electrons. The number of rotatable bonds is 6. The van der Waals surface area contributed by atoms with Crippen molar-refractivity contribution in [1.29, 1.82) is 0 Å². The van der Waals surface area contributed by atoms with Gasteiger partial charge in [0, 0.05) is 52.4 Å². The van der Waals surface area contributed by atoms with Crippen LogP contribution in [0.15, 0.2) is 84.1 Å². The summed E-state index contributed by atoms with van der Waals surface area (Å²) in [5.41, 5.74) is 5.46. The van der Waals surface area contributed by atoms with E-state index in [1.165, 1.54) is 0 Å². The van der Waals surface area contributed by atoms with E-state index >= 15 is 0 Å². The normalized spacial score (nSPS) is 22.1. The van der Waals surface area contributed by atoms with Crippen LogP contribution in [0.4, 0.5) is 0 Å². The van der Waals surface area contributed by atoms with Crippen LogP contribution in [-0.2, 0) is 6.54 Å². The third kappa shape index (κ3) is 4.95. The number of methoxy groups -OCH3 is 2. The Bertz CT molecular complexity index is 1670. The Morgan fingerprint density at radius 1 is 0.930 bits per heavy atom. The fourth-order valence-electron chi connectivity index (χ4n) is 6.92. The van der Waals surface area contributed by atoms with Crippen LogP contribution < -0.4 is 14.8 Å². The fourth-order valence-corrected chi connectivity index (χ4v) is 6.92. The lowest BCUT2D eigenvalue weighted by Crippen LogP contribution is -2.57. The highest BCUT2D eigenvalue weighted by atomic mass is 16.5. The van der Waals surface area contributed by atoms with Crippen molar-refractivity contribution >= 4 is 18.0 Å². The van der Waals surface area contributed by atoms with E-state index in [0.29, 0.717) is 29.5 Å². The summed E-state index contributed by atoms with van der Waals surface area (Å²) >= 11 is 0. The van der Waals surface area contributed by atoms with Gasteiger partial charge in [-0.1, -0.05) is 36.4 Å². The molecule has 0 saturated carbocycles. The van der Waals surface area contributed by atoms with E-state index in [1.54, 1.807) is 25.2 Å². The van der Waals surface area contributed by atoms with Crippen LogP contribution in [0.2, 0.25) is 0 Å². The zero-order valence-corrected chi connectivity index (χ0v) is 24.6. The highest BCUT2D eigenvalue weighted by molar-refractivity contribution is 5.98. The molecule has 8 nitrogen and oxygen atoms in total. The van der Waals surface area contributed by atoms with Gasteiger partial charge in [0.05, 0.1) is 20.8 Å². The molecule has 4 aliphatic heterocycles. The van der Waals surface area contributed by atoms with Crippen LogP contribution in [0.1, 0.15) is 45.8 Å². The Labute approximate surface area is 251 Å². The second-order valence-corrected chi connectivity index (χ2v) is 11.6. The summed E-state index contributed by atoms with van der Waals surface area (Å²) in [6.45, 7) is 3.51. The average molecular weight is 577 g/mol. The molecule has 2 aromatic carbocycles. The van der Waals surface area contributed by atoms with Crippen LogP contribution in [0, 0.1) is 5.92 Å². The summed E-state index contributed by atoms with van der Waals surface area (Å²) in [6, 6.07) is 17.3. The third-order valence-electron chi connectivity index (χ3n) is 9.22. The Hall–Kier alpha value is -4.56. The quantitative estimate of drug-likeness (QED) is 0.429. The summed E-state index contributed by atoms with van der Waals surface area (Å²) in [4.78, 5) is 32.0. The lowest BCUT2D eigenvalue weighted by Gasteiger charge is -2.44. The molecule has 8 rings (SSSR count). The van der Waals surface area contributed by atoms with Gasteiger partial charge in [0.25, 0.3) is 11.8 Å². The Morgan fingerprint density at radius 2 is 1.72 bits per heavy atom. The summed E-state index contributed by atoms with van der Waals surface area (Å²) in [6.07, 6.45) is 11.2. The first-order chi connectivity index (χ1) is 21.0. The lowest BCUT2D eigenvalue weighted by molar-refractivity contribution is 0.0617. The summed E-state index contributed by atoms with van der Waals surface area (Å²) in [5, 5.41) is 3.33. The van der Waals surface area contributed by atoms with Crippen LogP contribution in [0.5, 0.6) is 11.5 Å². The molecule has 1 atom stereocenters. The second-order valence-electron chi connectivity index (χ2n) is 11.6. The number of fused-ring (bicyclic) bond motifs is 5. The maximum absolute atomic E-state index is 14.2. The number of piperidine rings is 3. The number of nitrogens with zero attached hydrogens (tertiary/aromatic N) is 3. The Balaban J connectivity index is 1.19. The minimum absolute atomic E-state index is 0.0661. The monoisotopic (exact) mass is 576 g/mol. The van der Waals surface area contributed by atoms with Crippen LogP contribution in [0.25, 0.3) is 17.3 Å². The predicted molar refractivity (Wildman–Crippen MR) is 166 cm³/mol. The number of aromatic nitrogens is 1. The molecule has 2 bridgehead atoms. The number of hydrogen-bond acceptors (Lipinski definition) is 5. The van der Waals surface area contributed by atoms with Crippen molar-refractivity contribution in [2.75, 3.05) is 33.9 Å². The van der Waals surface area contributed by atoms with Crippen molar-refractivity contribution in [2.24, 2.45) is 5.92 Å². The van der Waals surface area contributed by atoms with Gasteiger partial charge in [-0.05, 0) is 74.7 Å². The standard InChI is InChI=1S/C35H36N4O4/c1-42-32-10-6-4-8-27(32)28-13-11-24(19-33(28)43-2)35(41)39-21-26-12-14-31(38(26)20-25-7-3-5-9-30(25)39)34(40)36-29-22-37-17-15-23(29)16-18-37/h3-4,6-14,19-20,23,29H,5,15-18,21-22H2,1-2H3,(H,36,40)/t29-/m0/s1. The minimum Gasteiger partial charge on any atom is -0.496 e. The van der Waals surface area contributed by atoms with E-state index in [4.69, 9.17) is 9.47 Å². The predicted octanol–water partition coefficient (Wildman–Crippen LogP) is 5.34. The van der Waals surface area contributed by atoms with Gasteiger partial charge >= 0.3 is 0 Å². The van der Waals surface area contributed by atoms with Gasteiger partial charge in [-0.3, -0.25) is 9.59 Å². The summed E-state index contributed by atoms with van der Waals surface area (Å²) < 4.78 is 13.3. The first-order valence-corrected chi connectivity index (χ1v) is 15.0. The maximum atomic E-state index is 14.2. The highest BCUT2D eigenvalue weighted by Crippen LogP contribution is 2.38. The van der Waals surface area contributed by atoms with Crippen molar-refractivity contribution in [3.63, 3.8) is 0 Å². The molecule has 1 aliphatic carbocycles. The zero-order chi connectivity index (χ0) is 29.5. The summed E-state index contributed by atoms with van der Waals surface area (Å²) in [5.74, 6) is 1.67. The number of hydrogen-bond donors (Lipinski definition) is 1. The first-order valence-electron chi connectivity index (χ1n) is 15.0. The van der Waals surface area contributed by atoms with Gasteiger partial charge in [-0.15, -0.1) is 0 Å². The van der Waals surface area contributed by atoms with E-state index in [2.05, 4.69) is 22.4 Å². The molecule has 5 aliphatic rings. The van der Waals surface area contributed by atoms with Crippen molar-refractivity contribution in [1.82, 2.24) is 19.7 Å². The summed E-state index contributed by atoms with van der Waals surface area (Å²) in [7, 11) is 3.25. The van der Waals surface area contributed by atoms with Gasteiger partial charge in [-0.25, -0.2) is 0 Å². The number of para-hydroxylation sites is 1. The van der Waals surface area contributed by atoms with Crippen molar-refractivity contribution < 1.29 is 19.1 Å². The minimum atomic E-state index is -0.134. The van der Waals surface area contributed by atoms with Gasteiger partial charge in [0.15, 0.2) is 0 Å². The number of ether oxygens (including phenoxy) is 2. The third-order valence-corrected chi connectivity index (χ3v) is 9.22. The molecular formula is C35H36N4O4. The van der Waals surface area contributed by atoms with E-state index in [0.717, 1.165) is 72.7 Å². The largest absolute Gasteiger partial charge is 0.496 e. The fraction of sp³-hybridized carbons (Fsp3) is 0.314. The van der Waals surface area contributed by atoms with E-state index in [9.17, 15) is 9.59 Å². The average Bonchev–Trinajstić information content (AvgIpc) is 3.37. The van der Waals surface area contributed by atoms with E-state index in [-0.39, 0.29) is 17.9 Å². The molecule has 0 unspecified atom stereocenters. The first kappa shape index (κ1) is 27.3. The molecule has 5 heterocycles. The van der Waals surface area contributed by atoms with Crippen LogP contribution in [0.3, 0.4) is 0 Å². The molecule has 3 fully saturated rings. The molecule has 3 saturated heterocycles. The number of carbonyl (C=O) groups excluding carboxylic acids is 2. The highest BCUT2D eigenvalue weighted by Gasteiger charge is 2.36. The van der Waals surface area contributed by atoms with Gasteiger partial charge < -0.3 is 29.2 Å². The smallest absolute Gasteiger partial charge is 0.268 e. The Morgan fingerprint density at radius 3 is 2.49 bits per heavy atom. The molecule has 43 heavy (non-hydrogen) atoms. The van der Waals surface area contributed by atoms with Gasteiger partial charge in [-0.2, -0.15) is 0 Å². The van der Waals surface area contributed by atoms with Crippen molar-refractivity contribution in [2.45, 2.75) is 31.8 Å².